The molecule has 1 rings (SSSR count). The number of nitrogens with two attached hydrogens (primary N) is 1. The quantitative estimate of drug-likeness (QED) is 0.0312. The van der Waals surface area contributed by atoms with Gasteiger partial charge in [-0.3, -0.25) is 29.4 Å². The molecule has 15 heteroatoms. The molecule has 0 saturated heterocycles. The summed E-state index contributed by atoms with van der Waals surface area (Å²) < 4.78 is 0. The van der Waals surface area contributed by atoms with Crippen molar-refractivity contribution in [2.45, 2.75) is 140 Å². The Bertz CT molecular complexity index is 1220. The fourth-order valence-corrected chi connectivity index (χ4v) is 5.81. The van der Waals surface area contributed by atoms with Gasteiger partial charge in [0.2, 0.25) is 29.5 Å². The van der Waals surface area contributed by atoms with Crippen molar-refractivity contribution in [2.75, 3.05) is 26.8 Å². The minimum absolute atomic E-state index is 0.0556. The van der Waals surface area contributed by atoms with Crippen molar-refractivity contribution in [3.63, 3.8) is 0 Å². The summed E-state index contributed by atoms with van der Waals surface area (Å²) in [6.07, 6.45) is 16.2. The lowest BCUT2D eigenvalue weighted by Gasteiger charge is -2.26. The van der Waals surface area contributed by atoms with Gasteiger partial charge in [0.25, 0.3) is 0 Å². The summed E-state index contributed by atoms with van der Waals surface area (Å²) in [6.45, 7) is 0.899. The number of carbonyl (C=O) groups excluding carboxylic acids is 5. The van der Waals surface area contributed by atoms with Gasteiger partial charge in [-0.25, -0.2) is 0 Å². The van der Waals surface area contributed by atoms with E-state index in [1.807, 2.05) is 30.3 Å². The molecule has 0 aromatic heterocycles. The molecule has 300 valence electrons. The normalized spacial score (nSPS) is 13.1. The Labute approximate surface area is 315 Å². The lowest BCUT2D eigenvalue weighted by molar-refractivity contribution is -0.135. The summed E-state index contributed by atoms with van der Waals surface area (Å²) in [5.41, 5.74) is 6.17. The van der Waals surface area contributed by atoms with Gasteiger partial charge in [-0.2, -0.15) is 0 Å². The lowest BCUT2D eigenvalue weighted by atomic mass is 10.0. The topological polar surface area (TPSA) is 248 Å². The highest BCUT2D eigenvalue weighted by Crippen LogP contribution is 2.13. The van der Waals surface area contributed by atoms with Crippen molar-refractivity contribution < 1.29 is 34.2 Å². The van der Waals surface area contributed by atoms with Gasteiger partial charge in [0.05, 0.1) is 13.2 Å². The third-order valence-corrected chi connectivity index (χ3v) is 8.94. The second kappa shape index (κ2) is 29.2. The first-order chi connectivity index (χ1) is 25.6. The number of aliphatic hydroxyl groups is 2. The molecule has 0 aliphatic heterocycles. The molecule has 0 aliphatic rings. The average Bonchev–Trinajstić information content (AvgIpc) is 3.15. The number of hydrogen-bond donors (Lipinski definition) is 10. The number of guanidine groups is 1. The van der Waals surface area contributed by atoms with E-state index in [4.69, 9.17) is 11.1 Å². The molecule has 0 saturated carbocycles. The molecule has 0 fully saturated rings. The second-order valence-electron chi connectivity index (χ2n) is 13.4. The van der Waals surface area contributed by atoms with Crippen LogP contribution in [0.1, 0.15) is 115 Å². The average molecular weight is 747 g/mol. The minimum atomic E-state index is -1.50. The number of aliphatic hydroxyl groups excluding tert-OH is 2. The minimum Gasteiger partial charge on any atom is -0.394 e. The van der Waals surface area contributed by atoms with E-state index in [0.717, 1.165) is 24.8 Å². The van der Waals surface area contributed by atoms with E-state index in [1.54, 1.807) is 0 Å². The number of benzene rings is 1. The van der Waals surface area contributed by atoms with Gasteiger partial charge in [0.1, 0.15) is 24.2 Å². The highest BCUT2D eigenvalue weighted by Gasteiger charge is 2.31. The van der Waals surface area contributed by atoms with Gasteiger partial charge < -0.3 is 47.8 Å². The zero-order chi connectivity index (χ0) is 39.3. The Morgan fingerprint density at radius 2 is 1.11 bits per heavy atom. The van der Waals surface area contributed by atoms with Gasteiger partial charge in [-0.1, -0.05) is 114 Å². The van der Waals surface area contributed by atoms with Crippen LogP contribution < -0.4 is 37.6 Å². The van der Waals surface area contributed by atoms with E-state index in [2.05, 4.69) is 38.8 Å². The number of carbonyl (C=O) groups is 5. The molecule has 53 heavy (non-hydrogen) atoms. The van der Waals surface area contributed by atoms with Crippen LogP contribution in [0.15, 0.2) is 30.3 Å². The second-order valence-corrected chi connectivity index (χ2v) is 13.4. The van der Waals surface area contributed by atoms with Gasteiger partial charge in [-0.05, 0) is 24.8 Å². The van der Waals surface area contributed by atoms with Crippen LogP contribution in [-0.2, 0) is 30.4 Å². The van der Waals surface area contributed by atoms with Crippen LogP contribution in [-0.4, -0.2) is 96.7 Å². The fraction of sp³-hybridized carbons (Fsp3) is 0.684. The Morgan fingerprint density at radius 1 is 0.642 bits per heavy atom. The van der Waals surface area contributed by atoms with E-state index in [1.165, 1.54) is 64.8 Å². The van der Waals surface area contributed by atoms with Gasteiger partial charge in [0, 0.05) is 26.4 Å². The summed E-state index contributed by atoms with van der Waals surface area (Å²) in [6, 6.07) is 4.12. The van der Waals surface area contributed by atoms with E-state index in [-0.39, 0.29) is 44.1 Å². The molecule has 1 aromatic carbocycles. The van der Waals surface area contributed by atoms with Gasteiger partial charge in [-0.15, -0.1) is 0 Å². The van der Waals surface area contributed by atoms with E-state index < -0.39 is 61.0 Å². The number of likely N-dealkylation sites (N-methyl/N-ethyl adjacent to an activating group) is 1. The van der Waals surface area contributed by atoms with E-state index >= 15 is 0 Å². The first-order valence-corrected chi connectivity index (χ1v) is 19.3. The largest absolute Gasteiger partial charge is 0.394 e. The SMILES string of the molecule is CCCCCCCCCCCCCCCC(=O)N[C@@H](Cc1ccccc1)C(=O)N[C@@H](CCCNC(=N)N)C(=O)N[C@@H](CO)C(=O)N[C@@H](CO)C(=O)NC. The maximum Gasteiger partial charge on any atom is 0.245 e. The molecule has 1 aromatic rings. The predicted octanol–water partition coefficient (Wildman–Crippen LogP) is 1.64. The fourth-order valence-electron chi connectivity index (χ4n) is 5.81. The van der Waals surface area contributed by atoms with Gasteiger partial charge >= 0.3 is 0 Å². The van der Waals surface area contributed by atoms with Crippen molar-refractivity contribution in [1.29, 1.82) is 5.41 Å². The van der Waals surface area contributed by atoms with Crippen LogP contribution in [0.25, 0.3) is 0 Å². The molecule has 0 heterocycles. The van der Waals surface area contributed by atoms with Crippen LogP contribution in [0.5, 0.6) is 0 Å². The zero-order valence-corrected chi connectivity index (χ0v) is 31.9. The van der Waals surface area contributed by atoms with Crippen molar-refractivity contribution in [3.05, 3.63) is 35.9 Å². The molecular formula is C38H66N8O7. The number of hydrogen-bond acceptors (Lipinski definition) is 8. The standard InChI is InChI=1S/C38H66N8O7/c1-3-4-5-6-7-8-9-10-11-12-13-14-18-23-33(49)43-30(25-28-20-16-15-17-21-28)36(52)44-29(22-19-24-42-38(39)40)35(51)46-32(27-48)37(53)45-31(26-47)34(50)41-2/h15-17,20-21,29-32,47-48H,3-14,18-19,22-27H2,1-2H3,(H,41,50)(H,43,49)(H,44,52)(H,45,53)(H,46,51)(H4,39,40,42)/t29-,30-,31-,32-/m0/s1. The zero-order valence-electron chi connectivity index (χ0n) is 31.9. The van der Waals surface area contributed by atoms with E-state index in [9.17, 15) is 34.2 Å². The molecule has 4 atom stereocenters. The van der Waals surface area contributed by atoms with Gasteiger partial charge in [0.15, 0.2) is 5.96 Å². The van der Waals surface area contributed by atoms with E-state index in [0.29, 0.717) is 6.42 Å². The molecule has 0 radical (unpaired) electrons. The molecule has 15 nitrogen and oxygen atoms in total. The van der Waals surface area contributed by atoms with Crippen molar-refractivity contribution >= 4 is 35.5 Å². The van der Waals surface area contributed by atoms with Crippen molar-refractivity contribution in [2.24, 2.45) is 5.73 Å². The van der Waals surface area contributed by atoms with Crippen molar-refractivity contribution in [1.82, 2.24) is 31.9 Å². The molecular weight excluding hydrogens is 680 g/mol. The number of amides is 5. The Kier molecular flexibility index (Phi) is 25.8. The first-order valence-electron chi connectivity index (χ1n) is 19.3. The third-order valence-electron chi connectivity index (χ3n) is 8.94. The summed E-state index contributed by atoms with van der Waals surface area (Å²) in [7, 11) is 1.32. The predicted molar refractivity (Wildman–Crippen MR) is 206 cm³/mol. The van der Waals surface area contributed by atoms with Crippen LogP contribution in [0.2, 0.25) is 0 Å². The Hall–Kier alpha value is -4.24. The third kappa shape index (κ3) is 21.8. The Morgan fingerprint density at radius 3 is 1.62 bits per heavy atom. The van der Waals surface area contributed by atoms with Crippen LogP contribution in [0.4, 0.5) is 0 Å². The lowest BCUT2D eigenvalue weighted by Crippen LogP contribution is -2.59. The highest BCUT2D eigenvalue weighted by atomic mass is 16.3. The molecule has 5 amide bonds. The Balaban J connectivity index is 2.85. The molecule has 0 unspecified atom stereocenters. The van der Waals surface area contributed by atoms with Crippen molar-refractivity contribution in [3.8, 4) is 0 Å². The maximum absolute atomic E-state index is 13.7. The number of nitrogens with one attached hydrogen (secondary N) is 7. The van der Waals surface area contributed by atoms with Crippen LogP contribution >= 0.6 is 0 Å². The smallest absolute Gasteiger partial charge is 0.245 e. The summed E-state index contributed by atoms with van der Waals surface area (Å²) in [5, 5.41) is 41.9. The number of rotatable bonds is 30. The highest BCUT2D eigenvalue weighted by molar-refractivity contribution is 5.95. The summed E-state index contributed by atoms with van der Waals surface area (Å²) in [5.74, 6) is -3.55. The summed E-state index contributed by atoms with van der Waals surface area (Å²) >= 11 is 0. The molecule has 0 aliphatic carbocycles. The first kappa shape index (κ1) is 46.8. The van der Waals surface area contributed by atoms with Crippen LogP contribution in [0.3, 0.4) is 0 Å². The number of unbranched alkanes of at least 4 members (excludes halogenated alkanes) is 12. The summed E-state index contributed by atoms with van der Waals surface area (Å²) in [4.78, 5) is 65.0. The molecule has 0 bridgehead atoms. The monoisotopic (exact) mass is 747 g/mol. The van der Waals surface area contributed by atoms with Crippen LogP contribution in [0, 0.1) is 5.41 Å². The molecule has 11 N–H and O–H groups in total. The molecule has 0 spiro atoms. The maximum atomic E-state index is 13.7.